The Labute approximate surface area is 80.9 Å². The average Bonchev–Trinajstić information content (AvgIpc) is 2.12. The minimum absolute atomic E-state index is 0.533. The van der Waals surface area contributed by atoms with Crippen molar-refractivity contribution in [2.45, 2.75) is 39.9 Å². The molecule has 13 heavy (non-hydrogen) atoms. The zero-order valence-corrected chi connectivity index (χ0v) is 8.79. The maximum absolute atomic E-state index is 9.35. The highest BCUT2D eigenvalue weighted by atomic mass is 16.6. The van der Waals surface area contributed by atoms with Crippen LogP contribution in [0.15, 0.2) is 23.8 Å². The van der Waals surface area contributed by atoms with Crippen molar-refractivity contribution in [2.75, 3.05) is 6.61 Å². The van der Waals surface area contributed by atoms with E-state index in [0.717, 1.165) is 18.4 Å². The van der Waals surface area contributed by atoms with Crippen LogP contribution in [0.5, 0.6) is 0 Å². The molecule has 0 fully saturated rings. The summed E-state index contributed by atoms with van der Waals surface area (Å²) in [6.07, 6.45) is 7.40. The fourth-order valence-corrected chi connectivity index (χ4v) is 0.854. The lowest BCUT2D eigenvalue weighted by atomic mass is 10.2. The van der Waals surface area contributed by atoms with Crippen molar-refractivity contribution in [3.8, 4) is 0 Å². The van der Waals surface area contributed by atoms with E-state index in [1.807, 2.05) is 26.0 Å². The van der Waals surface area contributed by atoms with Crippen molar-refractivity contribution in [2.24, 2.45) is 0 Å². The van der Waals surface area contributed by atoms with Crippen LogP contribution in [0, 0.1) is 0 Å². The lowest BCUT2D eigenvalue weighted by Gasteiger charge is -2.09. The predicted molar refractivity (Wildman–Crippen MR) is 55.4 cm³/mol. The summed E-state index contributed by atoms with van der Waals surface area (Å²) >= 11 is 0. The quantitative estimate of drug-likeness (QED) is 0.508. The molecule has 2 heteroatoms. The summed E-state index contributed by atoms with van der Waals surface area (Å²) in [7, 11) is 0. The van der Waals surface area contributed by atoms with Crippen molar-refractivity contribution in [1.82, 2.24) is 0 Å². The number of unbranched alkanes of at least 4 members (excludes halogenated alkanes) is 1. The summed E-state index contributed by atoms with van der Waals surface area (Å²) in [5, 5.41) is 9.35. The predicted octanol–water partition coefficient (Wildman–Crippen LogP) is 2.64. The van der Waals surface area contributed by atoms with Crippen LogP contribution >= 0.6 is 0 Å². The van der Waals surface area contributed by atoms with Gasteiger partial charge in [-0.25, -0.2) is 0 Å². The molecule has 0 bridgehead atoms. The van der Waals surface area contributed by atoms with Crippen LogP contribution in [-0.2, 0) is 4.74 Å². The van der Waals surface area contributed by atoms with Gasteiger partial charge in [-0.2, -0.15) is 0 Å². The highest BCUT2D eigenvalue weighted by Crippen LogP contribution is 2.03. The van der Waals surface area contributed by atoms with Gasteiger partial charge in [-0.1, -0.05) is 31.6 Å². The highest BCUT2D eigenvalue weighted by molar-refractivity contribution is 5.12. The first-order chi connectivity index (χ1) is 6.22. The van der Waals surface area contributed by atoms with Gasteiger partial charge in [0.2, 0.25) is 0 Å². The summed E-state index contributed by atoms with van der Waals surface area (Å²) in [6.45, 7) is 6.39. The van der Waals surface area contributed by atoms with Crippen molar-refractivity contribution >= 4 is 0 Å². The van der Waals surface area contributed by atoms with Crippen LogP contribution in [0.25, 0.3) is 0 Å². The van der Waals surface area contributed by atoms with Gasteiger partial charge in [-0.05, 0) is 25.8 Å². The molecule has 0 amide bonds. The number of aliphatic hydroxyl groups excluding tert-OH is 1. The Hall–Kier alpha value is -0.600. The van der Waals surface area contributed by atoms with Crippen molar-refractivity contribution in [3.63, 3.8) is 0 Å². The van der Waals surface area contributed by atoms with Crippen LogP contribution in [0.3, 0.4) is 0 Å². The Balaban J connectivity index is 3.85. The Bertz CT molecular complexity index is 171. The van der Waals surface area contributed by atoms with Gasteiger partial charge in [0.15, 0.2) is 6.29 Å². The average molecular weight is 184 g/mol. The van der Waals surface area contributed by atoms with Crippen molar-refractivity contribution in [3.05, 3.63) is 23.8 Å². The second-order valence-corrected chi connectivity index (χ2v) is 2.94. The Morgan fingerprint density at radius 3 is 2.69 bits per heavy atom. The zero-order chi connectivity index (χ0) is 10.1. The molecule has 0 heterocycles. The van der Waals surface area contributed by atoms with Gasteiger partial charge in [0.25, 0.3) is 0 Å². The molecule has 0 aliphatic rings. The van der Waals surface area contributed by atoms with Crippen molar-refractivity contribution < 1.29 is 9.84 Å². The third-order valence-corrected chi connectivity index (χ3v) is 1.66. The van der Waals surface area contributed by atoms with E-state index in [1.165, 1.54) is 0 Å². The van der Waals surface area contributed by atoms with Gasteiger partial charge < -0.3 is 9.84 Å². The molecular weight excluding hydrogens is 164 g/mol. The SMILES string of the molecule is CCC/C=C/C=C(\C)C(O)OCC. The smallest absolute Gasteiger partial charge is 0.177 e. The van der Waals surface area contributed by atoms with E-state index in [0.29, 0.717) is 6.61 Å². The lowest BCUT2D eigenvalue weighted by molar-refractivity contribution is -0.0669. The van der Waals surface area contributed by atoms with Gasteiger partial charge >= 0.3 is 0 Å². The third-order valence-electron chi connectivity index (χ3n) is 1.66. The maximum Gasteiger partial charge on any atom is 0.177 e. The van der Waals surface area contributed by atoms with Crippen LogP contribution in [0.4, 0.5) is 0 Å². The summed E-state index contributed by atoms with van der Waals surface area (Å²) in [5.41, 5.74) is 0.842. The van der Waals surface area contributed by atoms with E-state index in [4.69, 9.17) is 4.74 Å². The molecule has 0 aliphatic carbocycles. The first-order valence-corrected chi connectivity index (χ1v) is 4.85. The lowest BCUT2D eigenvalue weighted by Crippen LogP contribution is -2.12. The van der Waals surface area contributed by atoms with Crippen LogP contribution in [0.2, 0.25) is 0 Å². The summed E-state index contributed by atoms with van der Waals surface area (Å²) in [6, 6.07) is 0. The second kappa shape index (κ2) is 8.02. The molecule has 0 aromatic carbocycles. The minimum Gasteiger partial charge on any atom is -0.364 e. The molecule has 2 nitrogen and oxygen atoms in total. The molecule has 0 saturated carbocycles. The maximum atomic E-state index is 9.35. The molecule has 0 saturated heterocycles. The monoisotopic (exact) mass is 184 g/mol. The molecule has 1 N–H and O–H groups in total. The largest absolute Gasteiger partial charge is 0.364 e. The summed E-state index contributed by atoms with van der Waals surface area (Å²) in [5.74, 6) is 0. The number of rotatable bonds is 6. The molecule has 0 spiro atoms. The summed E-state index contributed by atoms with van der Waals surface area (Å²) in [4.78, 5) is 0. The topological polar surface area (TPSA) is 29.5 Å². The molecule has 0 aromatic heterocycles. The fraction of sp³-hybridized carbons (Fsp3) is 0.636. The zero-order valence-electron chi connectivity index (χ0n) is 8.79. The fourth-order valence-electron chi connectivity index (χ4n) is 0.854. The van der Waals surface area contributed by atoms with Crippen LogP contribution in [0.1, 0.15) is 33.6 Å². The van der Waals surface area contributed by atoms with Gasteiger partial charge in [-0.3, -0.25) is 0 Å². The van der Waals surface area contributed by atoms with E-state index >= 15 is 0 Å². The van der Waals surface area contributed by atoms with Crippen molar-refractivity contribution in [1.29, 1.82) is 0 Å². The Morgan fingerprint density at radius 1 is 1.46 bits per heavy atom. The molecule has 1 unspecified atom stereocenters. The molecule has 0 radical (unpaired) electrons. The molecular formula is C11H20O2. The standard InChI is InChI=1S/C11H20O2/c1-4-6-7-8-9-10(3)11(12)13-5-2/h7-9,11-12H,4-6H2,1-3H3/b8-7+,10-9+. The number of ether oxygens (including phenoxy) is 1. The van der Waals surface area contributed by atoms with Gasteiger partial charge in [0, 0.05) is 6.61 Å². The number of allylic oxidation sites excluding steroid dienone is 3. The molecule has 76 valence electrons. The van der Waals surface area contributed by atoms with E-state index in [-0.39, 0.29) is 0 Å². The first kappa shape index (κ1) is 12.4. The van der Waals surface area contributed by atoms with E-state index in [2.05, 4.69) is 13.0 Å². The number of hydrogen-bond donors (Lipinski definition) is 1. The molecule has 0 aliphatic heterocycles. The number of aliphatic hydroxyl groups is 1. The van der Waals surface area contributed by atoms with Gasteiger partial charge in [-0.15, -0.1) is 0 Å². The van der Waals surface area contributed by atoms with E-state index < -0.39 is 6.29 Å². The Morgan fingerprint density at radius 2 is 2.15 bits per heavy atom. The molecule has 0 rings (SSSR count). The summed E-state index contributed by atoms with van der Waals surface area (Å²) < 4.78 is 5.01. The highest BCUT2D eigenvalue weighted by Gasteiger charge is 2.02. The van der Waals surface area contributed by atoms with Gasteiger partial charge in [0.1, 0.15) is 0 Å². The molecule has 1 atom stereocenters. The third kappa shape index (κ3) is 6.55. The number of hydrogen-bond acceptors (Lipinski definition) is 2. The Kier molecular flexibility index (Phi) is 7.65. The normalized spacial score (nSPS) is 15.2. The van der Waals surface area contributed by atoms with E-state index in [9.17, 15) is 5.11 Å². The molecule has 0 aromatic rings. The first-order valence-electron chi connectivity index (χ1n) is 4.85. The second-order valence-electron chi connectivity index (χ2n) is 2.94. The van der Waals surface area contributed by atoms with Gasteiger partial charge in [0.05, 0.1) is 0 Å². The minimum atomic E-state index is -0.753. The van der Waals surface area contributed by atoms with E-state index in [1.54, 1.807) is 0 Å². The van der Waals surface area contributed by atoms with Crippen LogP contribution < -0.4 is 0 Å². The van der Waals surface area contributed by atoms with Crippen LogP contribution in [-0.4, -0.2) is 18.0 Å².